The smallest absolute Gasteiger partial charge is 0.267 e. The van der Waals surface area contributed by atoms with Gasteiger partial charge in [-0.05, 0) is 12.1 Å². The van der Waals surface area contributed by atoms with Gasteiger partial charge >= 0.3 is 0 Å². The molecule has 2 heterocycles. The third kappa shape index (κ3) is 2.24. The van der Waals surface area contributed by atoms with E-state index in [9.17, 15) is 9.90 Å². The van der Waals surface area contributed by atoms with Crippen LogP contribution in [0.3, 0.4) is 0 Å². The van der Waals surface area contributed by atoms with E-state index in [0.29, 0.717) is 22.5 Å². The Labute approximate surface area is 120 Å². The summed E-state index contributed by atoms with van der Waals surface area (Å²) >= 11 is 0. The van der Waals surface area contributed by atoms with Crippen LogP contribution in [0.25, 0.3) is 16.7 Å². The minimum Gasteiger partial charge on any atom is -0.508 e. The molecule has 0 aliphatic heterocycles. The average Bonchev–Trinajstić information content (AvgIpc) is 2.47. The van der Waals surface area contributed by atoms with E-state index in [1.54, 1.807) is 12.3 Å². The molecule has 0 saturated heterocycles. The Hall–Kier alpha value is -2.76. The topological polar surface area (TPSA) is 80.9 Å². The van der Waals surface area contributed by atoms with Crippen molar-refractivity contribution < 1.29 is 5.11 Å². The lowest BCUT2D eigenvalue weighted by Crippen LogP contribution is -2.25. The zero-order valence-electron chi connectivity index (χ0n) is 11.7. The van der Waals surface area contributed by atoms with Crippen molar-refractivity contribution in [1.82, 2.24) is 19.5 Å². The van der Waals surface area contributed by atoms with Gasteiger partial charge in [0.2, 0.25) is 0 Å². The van der Waals surface area contributed by atoms with Crippen LogP contribution in [0.1, 0.15) is 25.6 Å². The number of aromatic hydroxyl groups is 1. The molecular formula is C15H14N4O2. The lowest BCUT2D eigenvalue weighted by molar-refractivity contribution is 0.476. The SMILES string of the molecule is CC(C)c1nc2cc(O)ccc2c(=O)n1-c1cnccn1. The maximum absolute atomic E-state index is 12.7. The van der Waals surface area contributed by atoms with E-state index in [1.165, 1.54) is 29.1 Å². The van der Waals surface area contributed by atoms with E-state index >= 15 is 0 Å². The van der Waals surface area contributed by atoms with Crippen molar-refractivity contribution in [3.8, 4) is 11.6 Å². The molecule has 2 aromatic heterocycles. The first kappa shape index (κ1) is 13.2. The highest BCUT2D eigenvalue weighted by Gasteiger charge is 2.16. The summed E-state index contributed by atoms with van der Waals surface area (Å²) in [6, 6.07) is 4.53. The summed E-state index contributed by atoms with van der Waals surface area (Å²) in [5.74, 6) is 1.13. The Morgan fingerprint density at radius 1 is 1.24 bits per heavy atom. The zero-order chi connectivity index (χ0) is 15.0. The molecule has 1 aromatic carbocycles. The normalized spacial score (nSPS) is 11.2. The monoisotopic (exact) mass is 282 g/mol. The number of benzene rings is 1. The molecule has 0 radical (unpaired) electrons. The Bertz CT molecular complexity index is 857. The lowest BCUT2D eigenvalue weighted by Gasteiger charge is -2.14. The Kier molecular flexibility index (Phi) is 3.13. The van der Waals surface area contributed by atoms with Gasteiger partial charge in [0.1, 0.15) is 11.6 Å². The van der Waals surface area contributed by atoms with Gasteiger partial charge in [-0.15, -0.1) is 0 Å². The first-order valence-electron chi connectivity index (χ1n) is 6.60. The van der Waals surface area contributed by atoms with Crippen LogP contribution in [0.5, 0.6) is 5.75 Å². The summed E-state index contributed by atoms with van der Waals surface area (Å²) in [5.41, 5.74) is 0.257. The second-order valence-corrected chi connectivity index (χ2v) is 5.03. The zero-order valence-corrected chi connectivity index (χ0v) is 11.7. The molecule has 0 unspecified atom stereocenters. The molecule has 106 valence electrons. The van der Waals surface area contributed by atoms with Crippen LogP contribution < -0.4 is 5.56 Å². The van der Waals surface area contributed by atoms with E-state index in [4.69, 9.17) is 0 Å². The van der Waals surface area contributed by atoms with Gasteiger partial charge < -0.3 is 5.11 Å². The summed E-state index contributed by atoms with van der Waals surface area (Å²) in [6.07, 6.45) is 4.62. The summed E-state index contributed by atoms with van der Waals surface area (Å²) < 4.78 is 1.47. The van der Waals surface area contributed by atoms with Crippen LogP contribution in [-0.2, 0) is 0 Å². The number of rotatable bonds is 2. The first-order chi connectivity index (χ1) is 10.1. The molecule has 6 nitrogen and oxygen atoms in total. The van der Waals surface area contributed by atoms with E-state index in [-0.39, 0.29) is 17.2 Å². The van der Waals surface area contributed by atoms with Gasteiger partial charge in [0.05, 0.1) is 17.1 Å². The molecule has 6 heteroatoms. The summed E-state index contributed by atoms with van der Waals surface area (Å²) in [5, 5.41) is 10.00. The molecule has 0 spiro atoms. The third-order valence-electron chi connectivity index (χ3n) is 3.17. The number of fused-ring (bicyclic) bond motifs is 1. The Morgan fingerprint density at radius 3 is 2.71 bits per heavy atom. The molecule has 3 rings (SSSR count). The van der Waals surface area contributed by atoms with Gasteiger partial charge in [-0.2, -0.15) is 0 Å². The van der Waals surface area contributed by atoms with Crippen molar-refractivity contribution in [2.45, 2.75) is 19.8 Å². The van der Waals surface area contributed by atoms with Crippen molar-refractivity contribution in [3.63, 3.8) is 0 Å². The van der Waals surface area contributed by atoms with Gasteiger partial charge in [-0.1, -0.05) is 13.8 Å². The van der Waals surface area contributed by atoms with Crippen molar-refractivity contribution >= 4 is 10.9 Å². The second-order valence-electron chi connectivity index (χ2n) is 5.03. The maximum Gasteiger partial charge on any atom is 0.267 e. The number of phenols is 1. The largest absolute Gasteiger partial charge is 0.508 e. The number of phenolic OH excluding ortho intramolecular Hbond substituents is 1. The van der Waals surface area contributed by atoms with Crippen LogP contribution in [0.4, 0.5) is 0 Å². The average molecular weight is 282 g/mol. The highest BCUT2D eigenvalue weighted by molar-refractivity contribution is 5.79. The quantitative estimate of drug-likeness (QED) is 0.777. The van der Waals surface area contributed by atoms with Crippen molar-refractivity contribution in [3.05, 3.63) is 53.0 Å². The van der Waals surface area contributed by atoms with Gasteiger partial charge in [0.25, 0.3) is 5.56 Å². The molecule has 0 saturated carbocycles. The Balaban J connectivity index is 2.42. The fourth-order valence-corrected chi connectivity index (χ4v) is 2.21. The fourth-order valence-electron chi connectivity index (χ4n) is 2.21. The first-order valence-corrected chi connectivity index (χ1v) is 6.60. The van der Waals surface area contributed by atoms with Crippen LogP contribution in [0.15, 0.2) is 41.6 Å². The third-order valence-corrected chi connectivity index (χ3v) is 3.17. The van der Waals surface area contributed by atoms with Crippen LogP contribution >= 0.6 is 0 Å². The maximum atomic E-state index is 12.7. The summed E-state index contributed by atoms with van der Waals surface area (Å²) in [4.78, 5) is 25.4. The van der Waals surface area contributed by atoms with E-state index in [0.717, 1.165) is 0 Å². The van der Waals surface area contributed by atoms with Gasteiger partial charge in [0.15, 0.2) is 5.82 Å². The van der Waals surface area contributed by atoms with Gasteiger partial charge in [0, 0.05) is 24.4 Å². The molecule has 0 bridgehead atoms. The second kappa shape index (κ2) is 4.97. The van der Waals surface area contributed by atoms with E-state index < -0.39 is 0 Å². The predicted molar refractivity (Wildman–Crippen MR) is 78.7 cm³/mol. The number of hydrogen-bond donors (Lipinski definition) is 1. The van der Waals surface area contributed by atoms with Crippen LogP contribution in [0, 0.1) is 0 Å². The molecule has 0 aliphatic carbocycles. The molecule has 0 aliphatic rings. The number of aromatic nitrogens is 4. The van der Waals surface area contributed by atoms with Crippen molar-refractivity contribution in [1.29, 1.82) is 0 Å². The molecule has 0 atom stereocenters. The highest BCUT2D eigenvalue weighted by atomic mass is 16.3. The van der Waals surface area contributed by atoms with Crippen molar-refractivity contribution in [2.75, 3.05) is 0 Å². The predicted octanol–water partition coefficient (Wildman–Crippen LogP) is 2.00. The molecule has 21 heavy (non-hydrogen) atoms. The molecular weight excluding hydrogens is 268 g/mol. The number of hydrogen-bond acceptors (Lipinski definition) is 5. The minimum atomic E-state index is -0.218. The van der Waals surface area contributed by atoms with Gasteiger partial charge in [-0.3, -0.25) is 9.78 Å². The summed E-state index contributed by atoms with van der Waals surface area (Å²) in [7, 11) is 0. The minimum absolute atomic E-state index is 0.0199. The van der Waals surface area contributed by atoms with E-state index in [1.807, 2.05) is 13.8 Å². The number of nitrogens with zero attached hydrogens (tertiary/aromatic N) is 4. The Morgan fingerprint density at radius 2 is 2.05 bits per heavy atom. The van der Waals surface area contributed by atoms with Gasteiger partial charge in [-0.25, -0.2) is 14.5 Å². The molecule has 0 fully saturated rings. The van der Waals surface area contributed by atoms with Crippen LogP contribution in [0.2, 0.25) is 0 Å². The fraction of sp³-hybridized carbons (Fsp3) is 0.200. The highest BCUT2D eigenvalue weighted by Crippen LogP contribution is 2.20. The standard InChI is InChI=1S/C15H14N4O2/c1-9(2)14-18-12-7-10(20)3-4-11(12)15(21)19(14)13-8-16-5-6-17-13/h3-9,20H,1-2H3. The van der Waals surface area contributed by atoms with Crippen molar-refractivity contribution in [2.24, 2.45) is 0 Å². The van der Waals surface area contributed by atoms with E-state index in [2.05, 4.69) is 15.0 Å². The summed E-state index contributed by atoms with van der Waals surface area (Å²) in [6.45, 7) is 3.90. The van der Waals surface area contributed by atoms with Crippen LogP contribution in [-0.4, -0.2) is 24.6 Å². The lowest BCUT2D eigenvalue weighted by atomic mass is 10.1. The molecule has 1 N–H and O–H groups in total. The molecule has 3 aromatic rings. The molecule has 0 amide bonds.